The van der Waals surface area contributed by atoms with Crippen LogP contribution >= 0.6 is 11.6 Å². The van der Waals surface area contributed by atoms with Gasteiger partial charge in [0.15, 0.2) is 0 Å². The zero-order chi connectivity index (χ0) is 21.7. The number of fused-ring (bicyclic) bond motifs is 1. The molecule has 1 amide bonds. The SMILES string of the molecule is CC(C)(C)OC(=O)N(CC(C#N)Nc1cncc2ccccc12)c1cccc(Cl)c1. The molecule has 3 rings (SSSR count). The molecule has 1 heterocycles. The third-order valence-corrected chi connectivity index (χ3v) is 4.49. The maximum Gasteiger partial charge on any atom is 0.414 e. The molecule has 1 aromatic heterocycles. The monoisotopic (exact) mass is 422 g/mol. The van der Waals surface area contributed by atoms with Crippen LogP contribution in [0.5, 0.6) is 0 Å². The molecule has 6 nitrogen and oxygen atoms in total. The number of benzene rings is 2. The topological polar surface area (TPSA) is 78.2 Å². The first kappa shape index (κ1) is 21.4. The van der Waals surface area contributed by atoms with E-state index in [9.17, 15) is 10.1 Å². The second kappa shape index (κ2) is 9.02. The van der Waals surface area contributed by atoms with Gasteiger partial charge in [-0.25, -0.2) is 4.79 Å². The number of carbonyl (C=O) groups is 1. The minimum absolute atomic E-state index is 0.0645. The largest absolute Gasteiger partial charge is 0.443 e. The Hall–Kier alpha value is -3.30. The molecule has 1 N–H and O–H groups in total. The van der Waals surface area contributed by atoms with Crippen LogP contribution < -0.4 is 10.2 Å². The van der Waals surface area contributed by atoms with Crippen LogP contribution in [0.3, 0.4) is 0 Å². The van der Waals surface area contributed by atoms with Gasteiger partial charge >= 0.3 is 6.09 Å². The molecule has 1 unspecified atom stereocenters. The van der Waals surface area contributed by atoms with Gasteiger partial charge in [-0.05, 0) is 39.0 Å². The van der Waals surface area contributed by atoms with E-state index in [1.54, 1.807) is 57.4 Å². The molecule has 1 atom stereocenters. The highest BCUT2D eigenvalue weighted by Gasteiger charge is 2.26. The van der Waals surface area contributed by atoms with E-state index in [2.05, 4.69) is 16.4 Å². The lowest BCUT2D eigenvalue weighted by molar-refractivity contribution is 0.0580. The van der Waals surface area contributed by atoms with Crippen LogP contribution in [0, 0.1) is 11.3 Å². The van der Waals surface area contributed by atoms with E-state index in [-0.39, 0.29) is 6.54 Å². The first-order valence-electron chi connectivity index (χ1n) is 9.52. The summed E-state index contributed by atoms with van der Waals surface area (Å²) in [4.78, 5) is 18.5. The van der Waals surface area contributed by atoms with E-state index in [4.69, 9.17) is 16.3 Å². The molecule has 2 aromatic carbocycles. The van der Waals surface area contributed by atoms with Crippen molar-refractivity contribution >= 4 is 39.8 Å². The molecule has 0 saturated heterocycles. The lowest BCUT2D eigenvalue weighted by atomic mass is 10.1. The summed E-state index contributed by atoms with van der Waals surface area (Å²) >= 11 is 6.12. The maximum absolute atomic E-state index is 12.9. The van der Waals surface area contributed by atoms with Crippen molar-refractivity contribution in [1.29, 1.82) is 5.26 Å². The highest BCUT2D eigenvalue weighted by atomic mass is 35.5. The van der Waals surface area contributed by atoms with Gasteiger partial charge in [0.2, 0.25) is 0 Å². The van der Waals surface area contributed by atoms with E-state index in [1.807, 2.05) is 24.3 Å². The Morgan fingerprint density at radius 2 is 2.00 bits per heavy atom. The first-order chi connectivity index (χ1) is 14.3. The van der Waals surface area contributed by atoms with Crippen molar-refractivity contribution in [3.8, 4) is 6.07 Å². The fourth-order valence-corrected chi connectivity index (χ4v) is 3.15. The van der Waals surface area contributed by atoms with E-state index >= 15 is 0 Å². The molecule has 7 heteroatoms. The van der Waals surface area contributed by atoms with Crippen LogP contribution in [0.15, 0.2) is 60.9 Å². The molecule has 3 aromatic rings. The quantitative estimate of drug-likeness (QED) is 0.576. The molecule has 0 radical (unpaired) electrons. The van der Waals surface area contributed by atoms with Crippen molar-refractivity contribution < 1.29 is 9.53 Å². The fourth-order valence-electron chi connectivity index (χ4n) is 2.97. The Morgan fingerprint density at radius 1 is 1.23 bits per heavy atom. The molecule has 0 saturated carbocycles. The lowest BCUT2D eigenvalue weighted by Crippen LogP contribution is -2.43. The van der Waals surface area contributed by atoms with Gasteiger partial charge in [0.05, 0.1) is 24.5 Å². The van der Waals surface area contributed by atoms with Crippen molar-refractivity contribution in [2.75, 3.05) is 16.8 Å². The normalized spacial score (nSPS) is 12.1. The van der Waals surface area contributed by atoms with Crippen LogP contribution in [0.25, 0.3) is 10.8 Å². The minimum Gasteiger partial charge on any atom is -0.443 e. The summed E-state index contributed by atoms with van der Waals surface area (Å²) in [6, 6.07) is 16.2. The summed E-state index contributed by atoms with van der Waals surface area (Å²) in [6.07, 6.45) is 2.88. The van der Waals surface area contributed by atoms with Gasteiger partial charge in [0.25, 0.3) is 0 Å². The fraction of sp³-hybridized carbons (Fsp3) is 0.261. The van der Waals surface area contributed by atoms with Crippen molar-refractivity contribution in [3.05, 3.63) is 65.9 Å². The number of pyridine rings is 1. The maximum atomic E-state index is 12.9. The number of ether oxygens (including phenoxy) is 1. The molecule has 0 bridgehead atoms. The van der Waals surface area contributed by atoms with Crippen molar-refractivity contribution in [2.24, 2.45) is 0 Å². The highest BCUT2D eigenvalue weighted by molar-refractivity contribution is 6.30. The number of nitrogens with zero attached hydrogens (tertiary/aromatic N) is 3. The number of anilines is 2. The summed E-state index contributed by atoms with van der Waals surface area (Å²) in [5.74, 6) is 0. The lowest BCUT2D eigenvalue weighted by Gasteiger charge is -2.29. The van der Waals surface area contributed by atoms with Gasteiger partial charge in [0, 0.05) is 27.7 Å². The smallest absolute Gasteiger partial charge is 0.414 e. The Labute approximate surface area is 181 Å². The van der Waals surface area contributed by atoms with Crippen molar-refractivity contribution in [2.45, 2.75) is 32.4 Å². The number of amides is 1. The molecule has 0 aliphatic rings. The highest BCUT2D eigenvalue weighted by Crippen LogP contribution is 2.25. The third-order valence-electron chi connectivity index (χ3n) is 4.25. The van der Waals surface area contributed by atoms with Gasteiger partial charge in [-0.2, -0.15) is 5.26 Å². The van der Waals surface area contributed by atoms with Crippen molar-refractivity contribution in [1.82, 2.24) is 4.98 Å². The van der Waals surface area contributed by atoms with E-state index in [0.717, 1.165) is 16.5 Å². The summed E-state index contributed by atoms with van der Waals surface area (Å²) < 4.78 is 5.55. The first-order valence-corrected chi connectivity index (χ1v) is 9.89. The zero-order valence-corrected chi connectivity index (χ0v) is 17.8. The Bertz CT molecular complexity index is 1080. The Balaban J connectivity index is 1.89. The van der Waals surface area contributed by atoms with Crippen LogP contribution in [0.1, 0.15) is 20.8 Å². The molecule has 0 aliphatic carbocycles. The van der Waals surface area contributed by atoms with E-state index < -0.39 is 17.7 Å². The Kier molecular flexibility index (Phi) is 6.43. The number of nitriles is 1. The van der Waals surface area contributed by atoms with Gasteiger partial charge in [-0.3, -0.25) is 9.88 Å². The van der Waals surface area contributed by atoms with Gasteiger partial charge in [0.1, 0.15) is 11.6 Å². The van der Waals surface area contributed by atoms with Crippen LogP contribution in [0.2, 0.25) is 5.02 Å². The van der Waals surface area contributed by atoms with Gasteiger partial charge in [-0.1, -0.05) is 41.9 Å². The number of halogens is 1. The van der Waals surface area contributed by atoms with E-state index in [0.29, 0.717) is 10.7 Å². The van der Waals surface area contributed by atoms with Gasteiger partial charge < -0.3 is 10.1 Å². The van der Waals surface area contributed by atoms with Crippen LogP contribution in [0.4, 0.5) is 16.2 Å². The third kappa shape index (κ3) is 5.40. The van der Waals surface area contributed by atoms with Crippen LogP contribution in [-0.4, -0.2) is 29.3 Å². The molecule has 154 valence electrons. The number of hydrogen-bond acceptors (Lipinski definition) is 5. The average molecular weight is 423 g/mol. The second-order valence-corrected chi connectivity index (χ2v) is 8.24. The number of carbonyl (C=O) groups excluding carboxylic acids is 1. The standard InChI is InChI=1S/C23H23ClN4O2/c1-23(2,3)30-22(29)28(19-9-6-8-17(24)11-19)15-18(12-25)27-21-14-26-13-16-7-4-5-10-20(16)21/h4-11,13-14,18,27H,15H2,1-3H3. The number of aromatic nitrogens is 1. The van der Waals surface area contributed by atoms with Crippen LogP contribution in [-0.2, 0) is 4.74 Å². The average Bonchev–Trinajstić information content (AvgIpc) is 2.69. The predicted octanol–water partition coefficient (Wildman–Crippen LogP) is 5.63. The minimum atomic E-state index is -0.705. The van der Waals surface area contributed by atoms with Crippen molar-refractivity contribution in [3.63, 3.8) is 0 Å². The molecule has 0 spiro atoms. The molecular formula is C23H23ClN4O2. The number of nitrogens with one attached hydrogen (secondary N) is 1. The number of rotatable bonds is 5. The molecule has 0 aliphatic heterocycles. The predicted molar refractivity (Wildman–Crippen MR) is 120 cm³/mol. The second-order valence-electron chi connectivity index (χ2n) is 7.81. The summed E-state index contributed by atoms with van der Waals surface area (Å²) in [7, 11) is 0. The summed E-state index contributed by atoms with van der Waals surface area (Å²) in [5.41, 5.74) is 0.591. The molecular weight excluding hydrogens is 400 g/mol. The summed E-state index contributed by atoms with van der Waals surface area (Å²) in [5, 5.41) is 15.4. The molecule has 0 fully saturated rings. The Morgan fingerprint density at radius 3 is 2.70 bits per heavy atom. The molecule has 30 heavy (non-hydrogen) atoms. The van der Waals surface area contributed by atoms with Gasteiger partial charge in [-0.15, -0.1) is 0 Å². The van der Waals surface area contributed by atoms with E-state index in [1.165, 1.54) is 4.90 Å². The number of hydrogen-bond donors (Lipinski definition) is 1. The summed E-state index contributed by atoms with van der Waals surface area (Å²) in [6.45, 7) is 5.45. The zero-order valence-electron chi connectivity index (χ0n) is 17.1.